The molecule has 4 heteroatoms. The van der Waals surface area contributed by atoms with Crippen LogP contribution in [0, 0.1) is 0 Å². The predicted octanol–water partition coefficient (Wildman–Crippen LogP) is 3.09. The van der Waals surface area contributed by atoms with E-state index in [0.29, 0.717) is 4.75 Å². The summed E-state index contributed by atoms with van der Waals surface area (Å²) in [5.41, 5.74) is 5.70. The largest absolute Gasteiger partial charge is 0.329 e. The SMILES string of the molecule is NCC1(Sc2ccc(Br)s2)CC1. The topological polar surface area (TPSA) is 26.0 Å². The number of halogens is 1. The normalized spacial score (nSPS) is 19.5. The second kappa shape index (κ2) is 3.33. The Morgan fingerprint density at radius 1 is 1.58 bits per heavy atom. The van der Waals surface area contributed by atoms with Gasteiger partial charge in [0.05, 0.1) is 8.00 Å². The summed E-state index contributed by atoms with van der Waals surface area (Å²) in [6.45, 7) is 0.813. The first-order valence-corrected chi connectivity index (χ1v) is 6.31. The lowest BCUT2D eigenvalue weighted by atomic mass is 10.4. The molecule has 1 fully saturated rings. The number of thioether (sulfide) groups is 1. The van der Waals surface area contributed by atoms with E-state index in [1.165, 1.54) is 20.8 Å². The van der Waals surface area contributed by atoms with E-state index in [4.69, 9.17) is 5.73 Å². The van der Waals surface area contributed by atoms with Crippen molar-refractivity contribution < 1.29 is 0 Å². The maximum absolute atomic E-state index is 5.70. The highest BCUT2D eigenvalue weighted by molar-refractivity contribution is 9.11. The number of thiophene rings is 1. The summed E-state index contributed by atoms with van der Waals surface area (Å²) in [5, 5.41) is 0. The van der Waals surface area contributed by atoms with Gasteiger partial charge in [0.1, 0.15) is 0 Å². The van der Waals surface area contributed by atoms with Crippen LogP contribution < -0.4 is 5.73 Å². The molecule has 1 nitrogen and oxygen atoms in total. The van der Waals surface area contributed by atoms with Crippen molar-refractivity contribution in [3.63, 3.8) is 0 Å². The molecule has 1 aliphatic rings. The Morgan fingerprint density at radius 2 is 2.33 bits per heavy atom. The minimum atomic E-state index is 0.393. The van der Waals surface area contributed by atoms with Crippen LogP contribution in [0.15, 0.2) is 20.1 Å². The predicted molar refractivity (Wildman–Crippen MR) is 58.9 cm³/mol. The van der Waals surface area contributed by atoms with Crippen LogP contribution in [0.2, 0.25) is 0 Å². The molecule has 0 amide bonds. The van der Waals surface area contributed by atoms with Crippen molar-refractivity contribution in [1.29, 1.82) is 0 Å². The second-order valence-corrected chi connectivity index (χ2v) is 7.28. The lowest BCUT2D eigenvalue weighted by molar-refractivity contribution is 0.901. The summed E-state index contributed by atoms with van der Waals surface area (Å²) >= 11 is 7.19. The summed E-state index contributed by atoms with van der Waals surface area (Å²) in [5.74, 6) is 0. The Bertz CT molecular complexity index is 280. The fourth-order valence-corrected chi connectivity index (χ4v) is 4.41. The van der Waals surface area contributed by atoms with Gasteiger partial charge in [-0.2, -0.15) is 0 Å². The smallest absolute Gasteiger partial charge is 0.0710 e. The molecule has 1 aliphatic carbocycles. The fraction of sp³-hybridized carbons (Fsp3) is 0.500. The van der Waals surface area contributed by atoms with Crippen molar-refractivity contribution in [2.45, 2.75) is 21.8 Å². The van der Waals surface area contributed by atoms with Gasteiger partial charge < -0.3 is 5.73 Å². The van der Waals surface area contributed by atoms with Crippen molar-refractivity contribution in [3.05, 3.63) is 15.9 Å². The molecule has 2 N–H and O–H groups in total. The first-order chi connectivity index (χ1) is 5.74. The minimum Gasteiger partial charge on any atom is -0.329 e. The molecule has 66 valence electrons. The van der Waals surface area contributed by atoms with Gasteiger partial charge in [0.25, 0.3) is 0 Å². The Labute approximate surface area is 88.9 Å². The standard InChI is InChI=1S/C8H10BrNS2/c9-6-1-2-7(11-6)12-8(5-10)3-4-8/h1-2H,3-5,10H2. The first kappa shape index (κ1) is 9.06. The zero-order valence-corrected chi connectivity index (χ0v) is 9.77. The van der Waals surface area contributed by atoms with Gasteiger partial charge in [-0.15, -0.1) is 23.1 Å². The molecule has 0 saturated heterocycles. The molecule has 1 aromatic rings. The van der Waals surface area contributed by atoms with Crippen LogP contribution in [0.5, 0.6) is 0 Å². The minimum absolute atomic E-state index is 0.393. The van der Waals surface area contributed by atoms with Gasteiger partial charge in [0.2, 0.25) is 0 Å². The van der Waals surface area contributed by atoms with Gasteiger partial charge in [-0.05, 0) is 40.9 Å². The molecule has 0 aliphatic heterocycles. The van der Waals surface area contributed by atoms with E-state index in [-0.39, 0.29) is 0 Å². The zero-order valence-electron chi connectivity index (χ0n) is 6.55. The van der Waals surface area contributed by atoms with E-state index >= 15 is 0 Å². The molecule has 0 bridgehead atoms. The van der Waals surface area contributed by atoms with E-state index in [1.54, 1.807) is 11.3 Å². The van der Waals surface area contributed by atoms with Gasteiger partial charge in [0, 0.05) is 11.3 Å². The van der Waals surface area contributed by atoms with Gasteiger partial charge in [-0.25, -0.2) is 0 Å². The van der Waals surface area contributed by atoms with Crippen molar-refractivity contribution in [2.24, 2.45) is 5.73 Å². The summed E-state index contributed by atoms with van der Waals surface area (Å²) in [7, 11) is 0. The summed E-state index contributed by atoms with van der Waals surface area (Å²) in [6.07, 6.45) is 2.56. The Morgan fingerprint density at radius 3 is 2.75 bits per heavy atom. The van der Waals surface area contributed by atoms with Crippen LogP contribution in [0.25, 0.3) is 0 Å². The quantitative estimate of drug-likeness (QED) is 0.907. The number of nitrogens with two attached hydrogens (primary N) is 1. The molecule has 0 aromatic carbocycles. The summed E-state index contributed by atoms with van der Waals surface area (Å²) in [6, 6.07) is 4.26. The maximum Gasteiger partial charge on any atom is 0.0710 e. The van der Waals surface area contributed by atoms with Crippen molar-refractivity contribution in [1.82, 2.24) is 0 Å². The van der Waals surface area contributed by atoms with Crippen LogP contribution in [0.1, 0.15) is 12.8 Å². The lowest BCUT2D eigenvalue weighted by Gasteiger charge is -2.08. The van der Waals surface area contributed by atoms with Gasteiger partial charge in [-0.3, -0.25) is 0 Å². The van der Waals surface area contributed by atoms with Crippen LogP contribution >= 0.6 is 39.0 Å². The number of hydrogen-bond donors (Lipinski definition) is 1. The average molecular weight is 264 g/mol. The molecule has 0 radical (unpaired) electrons. The molecule has 1 aromatic heterocycles. The van der Waals surface area contributed by atoms with E-state index in [0.717, 1.165) is 6.54 Å². The average Bonchev–Trinajstić information content (AvgIpc) is 2.71. The number of hydrogen-bond acceptors (Lipinski definition) is 3. The Balaban J connectivity index is 2.04. The molecule has 1 heterocycles. The van der Waals surface area contributed by atoms with Crippen molar-refractivity contribution in [3.8, 4) is 0 Å². The highest BCUT2D eigenvalue weighted by atomic mass is 79.9. The molecule has 12 heavy (non-hydrogen) atoms. The van der Waals surface area contributed by atoms with Crippen LogP contribution in [0.3, 0.4) is 0 Å². The summed E-state index contributed by atoms with van der Waals surface area (Å²) < 4.78 is 2.98. The highest BCUT2D eigenvalue weighted by Gasteiger charge is 2.42. The Hall–Kier alpha value is 0.490. The van der Waals surface area contributed by atoms with Gasteiger partial charge in [-0.1, -0.05) is 0 Å². The van der Waals surface area contributed by atoms with Crippen molar-refractivity contribution in [2.75, 3.05) is 6.54 Å². The van der Waals surface area contributed by atoms with Crippen LogP contribution in [0.4, 0.5) is 0 Å². The van der Waals surface area contributed by atoms with E-state index in [1.807, 2.05) is 11.8 Å². The first-order valence-electron chi connectivity index (χ1n) is 3.89. The second-order valence-electron chi connectivity index (χ2n) is 3.05. The van der Waals surface area contributed by atoms with E-state index < -0.39 is 0 Å². The summed E-state index contributed by atoms with van der Waals surface area (Å²) in [4.78, 5) is 0. The highest BCUT2D eigenvalue weighted by Crippen LogP contribution is 2.52. The van der Waals surface area contributed by atoms with Gasteiger partial charge in [0.15, 0.2) is 0 Å². The zero-order chi connectivity index (χ0) is 8.60. The Kier molecular flexibility index (Phi) is 2.51. The van der Waals surface area contributed by atoms with Crippen molar-refractivity contribution >= 4 is 39.0 Å². The molecule has 0 atom stereocenters. The monoisotopic (exact) mass is 263 g/mol. The third-order valence-corrected chi connectivity index (χ3v) is 5.31. The molecular weight excluding hydrogens is 254 g/mol. The molecule has 0 unspecified atom stereocenters. The maximum atomic E-state index is 5.70. The van der Waals surface area contributed by atoms with E-state index in [9.17, 15) is 0 Å². The number of rotatable bonds is 3. The van der Waals surface area contributed by atoms with E-state index in [2.05, 4.69) is 28.1 Å². The van der Waals surface area contributed by atoms with Crippen LogP contribution in [-0.4, -0.2) is 11.3 Å². The molecule has 1 saturated carbocycles. The molecule has 2 rings (SSSR count). The van der Waals surface area contributed by atoms with Crippen LogP contribution in [-0.2, 0) is 0 Å². The molecular formula is C8H10BrNS2. The van der Waals surface area contributed by atoms with Gasteiger partial charge >= 0.3 is 0 Å². The molecule has 0 spiro atoms. The lowest BCUT2D eigenvalue weighted by Crippen LogP contribution is -2.17. The fourth-order valence-electron chi connectivity index (χ4n) is 1.05. The third-order valence-electron chi connectivity index (χ3n) is 2.05. The third kappa shape index (κ3) is 1.87.